The minimum Gasteiger partial charge on any atom is -0.492 e. The van der Waals surface area contributed by atoms with Crippen molar-refractivity contribution in [2.75, 3.05) is 13.2 Å². The Morgan fingerprint density at radius 3 is 2.42 bits per heavy atom. The van der Waals surface area contributed by atoms with Gasteiger partial charge in [-0.1, -0.05) is 37.3 Å². The number of hydrogen-bond donors (Lipinski definition) is 1. The second kappa shape index (κ2) is 7.28. The molecule has 0 aliphatic carbocycles. The molecule has 1 fully saturated rings. The lowest BCUT2D eigenvalue weighted by Gasteiger charge is -2.25. The van der Waals surface area contributed by atoms with E-state index in [9.17, 15) is 9.59 Å². The Hall–Kier alpha value is -3.33. The van der Waals surface area contributed by atoms with E-state index < -0.39 is 11.6 Å². The molecule has 26 heavy (non-hydrogen) atoms. The zero-order valence-electron chi connectivity index (χ0n) is 14.4. The van der Waals surface area contributed by atoms with Crippen molar-refractivity contribution in [3.05, 3.63) is 65.7 Å². The molecule has 6 heteroatoms. The predicted molar refractivity (Wildman–Crippen MR) is 95.3 cm³/mol. The highest BCUT2D eigenvalue weighted by atomic mass is 16.5. The van der Waals surface area contributed by atoms with Gasteiger partial charge >= 0.3 is 6.03 Å². The quantitative estimate of drug-likeness (QED) is 0.813. The van der Waals surface area contributed by atoms with Gasteiger partial charge in [0, 0.05) is 0 Å². The van der Waals surface area contributed by atoms with E-state index in [-0.39, 0.29) is 19.1 Å². The molecule has 132 valence electrons. The van der Waals surface area contributed by atoms with Crippen LogP contribution in [0.5, 0.6) is 5.75 Å². The second-order valence-electron chi connectivity index (χ2n) is 6.00. The number of urea groups is 1. The molecule has 3 amide bonds. The molecule has 2 aromatic rings. The molecule has 1 aliphatic heterocycles. The summed E-state index contributed by atoms with van der Waals surface area (Å²) in [6.45, 7) is 2.21. The zero-order valence-corrected chi connectivity index (χ0v) is 14.4. The van der Waals surface area contributed by atoms with Crippen molar-refractivity contribution >= 4 is 11.9 Å². The Kier molecular flexibility index (Phi) is 4.90. The summed E-state index contributed by atoms with van der Waals surface area (Å²) in [4.78, 5) is 26.5. The van der Waals surface area contributed by atoms with Gasteiger partial charge in [0.1, 0.15) is 17.9 Å². The van der Waals surface area contributed by atoms with Crippen LogP contribution < -0.4 is 10.1 Å². The number of nitrogens with zero attached hydrogens (tertiary/aromatic N) is 2. The average molecular weight is 349 g/mol. The third-order valence-corrected chi connectivity index (χ3v) is 4.54. The maximum absolute atomic E-state index is 12.9. The molecule has 0 unspecified atom stereocenters. The molecule has 1 atom stereocenters. The number of ether oxygens (including phenoxy) is 1. The zero-order chi connectivity index (χ0) is 18.6. The molecule has 6 nitrogen and oxygen atoms in total. The molecule has 1 heterocycles. The molecule has 0 aromatic heterocycles. The van der Waals surface area contributed by atoms with Gasteiger partial charge in [-0.05, 0) is 36.2 Å². The summed E-state index contributed by atoms with van der Waals surface area (Å²) in [5.41, 5.74) is 0.297. The van der Waals surface area contributed by atoms with Crippen LogP contribution in [-0.2, 0) is 10.3 Å². The smallest absolute Gasteiger partial charge is 0.325 e. The SMILES string of the molecule is CC[C@@]1(c2ccccc2)NC(=O)N(CCOc2ccc(C#N)cc2)C1=O. The first-order valence-electron chi connectivity index (χ1n) is 8.43. The molecule has 1 N–H and O–H groups in total. The van der Waals surface area contributed by atoms with Crippen molar-refractivity contribution in [3.63, 3.8) is 0 Å². The number of benzene rings is 2. The second-order valence-corrected chi connectivity index (χ2v) is 6.00. The van der Waals surface area contributed by atoms with Crippen molar-refractivity contribution in [3.8, 4) is 11.8 Å². The fourth-order valence-corrected chi connectivity index (χ4v) is 3.07. The van der Waals surface area contributed by atoms with Gasteiger partial charge in [-0.25, -0.2) is 4.79 Å². The molecule has 1 saturated heterocycles. The first-order chi connectivity index (χ1) is 12.6. The fraction of sp³-hybridized carbons (Fsp3) is 0.250. The van der Waals surface area contributed by atoms with E-state index in [2.05, 4.69) is 5.32 Å². The summed E-state index contributed by atoms with van der Waals surface area (Å²) < 4.78 is 5.59. The minimum absolute atomic E-state index is 0.152. The standard InChI is InChI=1S/C20H19N3O3/c1-2-20(16-6-4-3-5-7-16)18(24)23(19(25)22-20)12-13-26-17-10-8-15(14-21)9-11-17/h3-11H,2,12-13H2,1H3,(H,22,25)/t20-/m0/s1. The first kappa shape index (κ1) is 17.5. The van der Waals surface area contributed by atoms with Crippen LogP contribution in [0.25, 0.3) is 0 Å². The molecule has 1 aliphatic rings. The maximum atomic E-state index is 12.9. The molecule has 0 radical (unpaired) electrons. The van der Waals surface area contributed by atoms with Crippen LogP contribution in [0, 0.1) is 11.3 Å². The van der Waals surface area contributed by atoms with E-state index in [0.717, 1.165) is 5.56 Å². The lowest BCUT2D eigenvalue weighted by molar-refractivity contribution is -0.132. The number of rotatable bonds is 6. The highest BCUT2D eigenvalue weighted by Crippen LogP contribution is 2.32. The predicted octanol–water partition coefficient (Wildman–Crippen LogP) is 2.79. The van der Waals surface area contributed by atoms with Crippen LogP contribution >= 0.6 is 0 Å². The van der Waals surface area contributed by atoms with Crippen molar-refractivity contribution in [2.24, 2.45) is 0 Å². The molecule has 3 rings (SSSR count). The van der Waals surface area contributed by atoms with E-state index in [4.69, 9.17) is 10.00 Å². The number of imide groups is 1. The summed E-state index contributed by atoms with van der Waals surface area (Å²) >= 11 is 0. The number of hydrogen-bond acceptors (Lipinski definition) is 4. The lowest BCUT2D eigenvalue weighted by Crippen LogP contribution is -2.43. The lowest BCUT2D eigenvalue weighted by atomic mass is 9.87. The van der Waals surface area contributed by atoms with Crippen molar-refractivity contribution in [1.82, 2.24) is 10.2 Å². The van der Waals surface area contributed by atoms with Crippen LogP contribution in [0.4, 0.5) is 4.79 Å². The number of amides is 3. The highest BCUT2D eigenvalue weighted by Gasteiger charge is 2.50. The Morgan fingerprint density at radius 1 is 1.12 bits per heavy atom. The molecule has 0 bridgehead atoms. The molecule has 2 aromatic carbocycles. The van der Waals surface area contributed by atoms with Crippen LogP contribution in [0.2, 0.25) is 0 Å². The van der Waals surface area contributed by atoms with Gasteiger partial charge in [-0.15, -0.1) is 0 Å². The third-order valence-electron chi connectivity index (χ3n) is 4.54. The van der Waals surface area contributed by atoms with Crippen LogP contribution in [0.15, 0.2) is 54.6 Å². The van der Waals surface area contributed by atoms with E-state index in [0.29, 0.717) is 17.7 Å². The van der Waals surface area contributed by atoms with E-state index in [1.807, 2.05) is 43.3 Å². The van der Waals surface area contributed by atoms with Gasteiger partial charge in [-0.3, -0.25) is 9.69 Å². The molecule has 0 saturated carbocycles. The van der Waals surface area contributed by atoms with E-state index in [1.54, 1.807) is 24.3 Å². The van der Waals surface area contributed by atoms with Crippen molar-refractivity contribution < 1.29 is 14.3 Å². The maximum Gasteiger partial charge on any atom is 0.325 e. The summed E-state index contributed by atoms with van der Waals surface area (Å²) in [5.74, 6) is 0.320. The summed E-state index contributed by atoms with van der Waals surface area (Å²) in [7, 11) is 0. The number of carbonyl (C=O) groups is 2. The monoisotopic (exact) mass is 349 g/mol. The normalized spacial score (nSPS) is 19.2. The number of carbonyl (C=O) groups excluding carboxylic acids is 2. The highest BCUT2D eigenvalue weighted by molar-refractivity contribution is 6.07. The van der Waals surface area contributed by atoms with E-state index >= 15 is 0 Å². The number of nitrogens with one attached hydrogen (secondary N) is 1. The topological polar surface area (TPSA) is 82.4 Å². The Balaban J connectivity index is 1.68. The van der Waals surface area contributed by atoms with Gasteiger partial charge < -0.3 is 10.1 Å². The van der Waals surface area contributed by atoms with Gasteiger partial charge in [0.2, 0.25) is 0 Å². The first-order valence-corrected chi connectivity index (χ1v) is 8.43. The Bertz CT molecular complexity index is 843. The summed E-state index contributed by atoms with van der Waals surface area (Å²) in [6, 6.07) is 17.6. The molecule has 0 spiro atoms. The van der Waals surface area contributed by atoms with Crippen molar-refractivity contribution in [1.29, 1.82) is 5.26 Å². The summed E-state index contributed by atoms with van der Waals surface area (Å²) in [5, 5.41) is 11.6. The van der Waals surface area contributed by atoms with Gasteiger partial charge in [-0.2, -0.15) is 5.26 Å². The third kappa shape index (κ3) is 3.11. The fourth-order valence-electron chi connectivity index (χ4n) is 3.07. The Labute approximate surface area is 152 Å². The van der Waals surface area contributed by atoms with Gasteiger partial charge in [0.05, 0.1) is 18.2 Å². The van der Waals surface area contributed by atoms with Crippen LogP contribution in [0.3, 0.4) is 0 Å². The Morgan fingerprint density at radius 2 is 1.81 bits per heavy atom. The van der Waals surface area contributed by atoms with Gasteiger partial charge in [0.15, 0.2) is 0 Å². The molecular formula is C20H19N3O3. The van der Waals surface area contributed by atoms with Crippen molar-refractivity contribution in [2.45, 2.75) is 18.9 Å². The average Bonchev–Trinajstić information content (AvgIpc) is 2.94. The number of nitriles is 1. The van der Waals surface area contributed by atoms with Gasteiger partial charge in [0.25, 0.3) is 5.91 Å². The minimum atomic E-state index is -1.02. The largest absolute Gasteiger partial charge is 0.492 e. The van der Waals surface area contributed by atoms with E-state index in [1.165, 1.54) is 4.90 Å². The van der Waals surface area contributed by atoms with Crippen LogP contribution in [0.1, 0.15) is 24.5 Å². The van der Waals surface area contributed by atoms with Crippen LogP contribution in [-0.4, -0.2) is 30.0 Å². The molecular weight excluding hydrogens is 330 g/mol. The summed E-state index contributed by atoms with van der Waals surface area (Å²) in [6.07, 6.45) is 0.467.